The van der Waals surface area contributed by atoms with Gasteiger partial charge < -0.3 is 10.4 Å². The molecule has 0 radical (unpaired) electrons. The number of carboxylic acid groups (broad SMARTS) is 1. The Bertz CT molecular complexity index is 999. The van der Waals surface area contributed by atoms with Crippen LogP contribution in [0.3, 0.4) is 0 Å². The molecule has 24 heavy (non-hydrogen) atoms. The number of benzene rings is 2. The molecule has 1 aromatic heterocycles. The molecule has 0 aliphatic carbocycles. The van der Waals surface area contributed by atoms with E-state index >= 15 is 0 Å². The Morgan fingerprint density at radius 1 is 1.12 bits per heavy atom. The first-order chi connectivity index (χ1) is 11.4. The minimum atomic E-state index is -0.933. The van der Waals surface area contributed by atoms with Crippen LogP contribution in [0.5, 0.6) is 0 Å². The highest BCUT2D eigenvalue weighted by atomic mass is 16.4. The van der Waals surface area contributed by atoms with Crippen molar-refractivity contribution in [1.82, 2.24) is 9.13 Å². The maximum absolute atomic E-state index is 12.0. The van der Waals surface area contributed by atoms with Crippen molar-refractivity contribution in [3.63, 3.8) is 0 Å². The highest BCUT2D eigenvalue weighted by molar-refractivity contribution is 5.91. The number of imidazole rings is 1. The summed E-state index contributed by atoms with van der Waals surface area (Å²) in [6.45, 7) is 2.33. The molecule has 124 valence electrons. The van der Waals surface area contributed by atoms with Gasteiger partial charge in [-0.3, -0.25) is 9.13 Å². The number of carbonyl (C=O) groups is 1. The SMILES string of the molecule is Cc1c(NCc2ccc3c(c2)n(C)c(=O)n3C)cccc1C(=O)O. The summed E-state index contributed by atoms with van der Waals surface area (Å²) in [7, 11) is 3.51. The van der Waals surface area contributed by atoms with Crippen molar-refractivity contribution in [2.24, 2.45) is 14.1 Å². The van der Waals surface area contributed by atoms with E-state index in [1.54, 1.807) is 42.3 Å². The van der Waals surface area contributed by atoms with Gasteiger partial charge in [-0.1, -0.05) is 12.1 Å². The lowest BCUT2D eigenvalue weighted by Crippen LogP contribution is -2.19. The summed E-state index contributed by atoms with van der Waals surface area (Å²) in [5, 5.41) is 12.5. The first kappa shape index (κ1) is 15.9. The molecule has 0 saturated heterocycles. The van der Waals surface area contributed by atoms with Crippen LogP contribution in [0, 0.1) is 6.92 Å². The molecule has 6 heteroatoms. The molecule has 1 heterocycles. The van der Waals surface area contributed by atoms with Crippen LogP contribution in [0.1, 0.15) is 21.5 Å². The fraction of sp³-hybridized carbons (Fsp3) is 0.222. The zero-order valence-corrected chi connectivity index (χ0v) is 13.8. The number of rotatable bonds is 4. The second-order valence-electron chi connectivity index (χ2n) is 5.86. The van der Waals surface area contributed by atoms with Crippen LogP contribution in [0.25, 0.3) is 11.0 Å². The lowest BCUT2D eigenvalue weighted by atomic mass is 10.1. The topological polar surface area (TPSA) is 76.3 Å². The summed E-state index contributed by atoms with van der Waals surface area (Å²) in [6.07, 6.45) is 0. The van der Waals surface area contributed by atoms with Gasteiger partial charge in [-0.15, -0.1) is 0 Å². The second kappa shape index (κ2) is 5.88. The smallest absolute Gasteiger partial charge is 0.336 e. The predicted octanol–water partition coefficient (Wildman–Crippen LogP) is 2.50. The predicted molar refractivity (Wildman–Crippen MR) is 93.6 cm³/mol. The van der Waals surface area contributed by atoms with Gasteiger partial charge in [0.15, 0.2) is 0 Å². The first-order valence-corrected chi connectivity index (χ1v) is 7.61. The summed E-state index contributed by atoms with van der Waals surface area (Å²) in [5.74, 6) is -0.933. The third kappa shape index (κ3) is 2.56. The minimum Gasteiger partial charge on any atom is -0.478 e. The van der Waals surface area contributed by atoms with Gasteiger partial charge in [-0.2, -0.15) is 0 Å². The highest BCUT2D eigenvalue weighted by Crippen LogP contribution is 2.21. The molecule has 3 rings (SSSR count). The molecule has 3 aromatic rings. The van der Waals surface area contributed by atoms with Crippen molar-refractivity contribution in [2.75, 3.05) is 5.32 Å². The number of nitrogens with one attached hydrogen (secondary N) is 1. The highest BCUT2D eigenvalue weighted by Gasteiger charge is 2.11. The van der Waals surface area contributed by atoms with Crippen LogP contribution < -0.4 is 11.0 Å². The number of aromatic nitrogens is 2. The number of fused-ring (bicyclic) bond motifs is 1. The molecule has 0 aliphatic heterocycles. The van der Waals surface area contributed by atoms with Gasteiger partial charge in [0.2, 0.25) is 0 Å². The van der Waals surface area contributed by atoms with Crippen molar-refractivity contribution in [2.45, 2.75) is 13.5 Å². The number of carboxylic acids is 1. The molecular formula is C18H19N3O3. The molecule has 0 saturated carbocycles. The summed E-state index contributed by atoms with van der Waals surface area (Å²) in [5.41, 5.74) is 4.51. The molecule has 0 amide bonds. The largest absolute Gasteiger partial charge is 0.478 e. The Morgan fingerprint density at radius 2 is 1.83 bits per heavy atom. The van der Waals surface area contributed by atoms with E-state index in [0.29, 0.717) is 17.7 Å². The molecular weight excluding hydrogens is 306 g/mol. The maximum Gasteiger partial charge on any atom is 0.336 e. The summed E-state index contributed by atoms with van der Waals surface area (Å²) < 4.78 is 3.24. The van der Waals surface area contributed by atoms with E-state index in [4.69, 9.17) is 0 Å². The van der Waals surface area contributed by atoms with Crippen molar-refractivity contribution >= 4 is 22.7 Å². The van der Waals surface area contributed by atoms with E-state index in [0.717, 1.165) is 22.3 Å². The van der Waals surface area contributed by atoms with Gasteiger partial charge in [-0.25, -0.2) is 9.59 Å². The zero-order chi connectivity index (χ0) is 17.4. The second-order valence-corrected chi connectivity index (χ2v) is 5.86. The van der Waals surface area contributed by atoms with Crippen molar-refractivity contribution in [3.8, 4) is 0 Å². The van der Waals surface area contributed by atoms with Gasteiger partial charge in [-0.05, 0) is 42.3 Å². The Kier molecular flexibility index (Phi) is 3.89. The van der Waals surface area contributed by atoms with Gasteiger partial charge >= 0.3 is 11.7 Å². The quantitative estimate of drug-likeness (QED) is 0.773. The molecule has 0 aliphatic rings. The Morgan fingerprint density at radius 3 is 2.54 bits per heavy atom. The van der Waals surface area contributed by atoms with E-state index < -0.39 is 5.97 Å². The van der Waals surface area contributed by atoms with Crippen LogP contribution >= 0.6 is 0 Å². The lowest BCUT2D eigenvalue weighted by molar-refractivity contribution is 0.0696. The monoisotopic (exact) mass is 325 g/mol. The third-order valence-electron chi connectivity index (χ3n) is 4.38. The van der Waals surface area contributed by atoms with Crippen LogP contribution in [-0.4, -0.2) is 20.2 Å². The normalized spacial score (nSPS) is 11.0. The molecule has 0 atom stereocenters. The fourth-order valence-corrected chi connectivity index (χ4v) is 2.92. The number of aryl methyl sites for hydroxylation is 2. The number of anilines is 1. The molecule has 0 unspecified atom stereocenters. The minimum absolute atomic E-state index is 0.0555. The standard InChI is InChI=1S/C18H19N3O3/c1-11-13(17(22)23)5-4-6-14(11)19-10-12-7-8-15-16(9-12)21(3)18(24)20(15)2/h4-9,19H,10H2,1-3H3,(H,22,23). The van der Waals surface area contributed by atoms with Crippen LogP contribution in [-0.2, 0) is 20.6 Å². The number of nitrogens with zero attached hydrogens (tertiary/aromatic N) is 2. The van der Waals surface area contributed by atoms with Crippen molar-refractivity contribution in [1.29, 1.82) is 0 Å². The maximum atomic E-state index is 12.0. The Labute approximate surface area is 139 Å². The first-order valence-electron chi connectivity index (χ1n) is 7.61. The van der Waals surface area contributed by atoms with E-state index in [9.17, 15) is 14.7 Å². The van der Waals surface area contributed by atoms with Gasteiger partial charge in [0, 0.05) is 26.3 Å². The number of hydrogen-bond acceptors (Lipinski definition) is 3. The average Bonchev–Trinajstić information content (AvgIpc) is 2.78. The van der Waals surface area contributed by atoms with Crippen molar-refractivity contribution < 1.29 is 9.90 Å². The zero-order valence-electron chi connectivity index (χ0n) is 13.8. The Balaban J connectivity index is 1.89. The molecule has 0 fully saturated rings. The number of aromatic carboxylic acids is 1. The van der Waals surface area contributed by atoms with Gasteiger partial charge in [0.25, 0.3) is 0 Å². The van der Waals surface area contributed by atoms with Gasteiger partial charge in [0.05, 0.1) is 16.6 Å². The van der Waals surface area contributed by atoms with Gasteiger partial charge in [0.1, 0.15) is 0 Å². The molecule has 2 N–H and O–H groups in total. The lowest BCUT2D eigenvalue weighted by Gasteiger charge is -2.12. The van der Waals surface area contributed by atoms with Crippen LogP contribution in [0.4, 0.5) is 5.69 Å². The van der Waals surface area contributed by atoms with Crippen LogP contribution in [0.15, 0.2) is 41.2 Å². The molecule has 6 nitrogen and oxygen atoms in total. The third-order valence-corrected chi connectivity index (χ3v) is 4.38. The fourth-order valence-electron chi connectivity index (χ4n) is 2.92. The van der Waals surface area contributed by atoms with E-state index in [1.807, 2.05) is 24.3 Å². The van der Waals surface area contributed by atoms with Crippen LogP contribution in [0.2, 0.25) is 0 Å². The number of hydrogen-bond donors (Lipinski definition) is 2. The molecule has 0 spiro atoms. The van der Waals surface area contributed by atoms with Crippen molar-refractivity contribution in [3.05, 3.63) is 63.6 Å². The Hall–Kier alpha value is -3.02. The van der Waals surface area contributed by atoms with E-state index in [1.165, 1.54) is 0 Å². The molecule has 2 aromatic carbocycles. The van der Waals surface area contributed by atoms with E-state index in [2.05, 4.69) is 5.32 Å². The molecule has 0 bridgehead atoms. The summed E-state index contributed by atoms with van der Waals surface area (Å²) in [6, 6.07) is 11.0. The average molecular weight is 325 g/mol. The van der Waals surface area contributed by atoms with E-state index in [-0.39, 0.29) is 5.69 Å². The summed E-state index contributed by atoms with van der Waals surface area (Å²) >= 11 is 0. The summed E-state index contributed by atoms with van der Waals surface area (Å²) in [4.78, 5) is 23.2.